The van der Waals surface area contributed by atoms with Gasteiger partial charge in [0.25, 0.3) is 5.91 Å². The molecule has 0 aliphatic carbocycles. The fourth-order valence-corrected chi connectivity index (χ4v) is 2.30. The molecule has 0 bridgehead atoms. The average molecular weight is 286 g/mol. The van der Waals surface area contributed by atoms with Gasteiger partial charge in [0, 0.05) is 12.2 Å². The predicted octanol–water partition coefficient (Wildman–Crippen LogP) is 3.00. The van der Waals surface area contributed by atoms with Gasteiger partial charge in [-0.25, -0.2) is 0 Å². The molecule has 0 aliphatic rings. The van der Waals surface area contributed by atoms with E-state index < -0.39 is 0 Å². The fourth-order valence-electron chi connectivity index (χ4n) is 2.30. The second kappa shape index (κ2) is 6.43. The Morgan fingerprint density at radius 1 is 1.29 bits per heavy atom. The zero-order chi connectivity index (χ0) is 15.4. The summed E-state index contributed by atoms with van der Waals surface area (Å²) >= 11 is 0. The Morgan fingerprint density at radius 2 is 1.95 bits per heavy atom. The van der Waals surface area contributed by atoms with Gasteiger partial charge in [-0.2, -0.15) is 5.10 Å². The summed E-state index contributed by atoms with van der Waals surface area (Å²) < 4.78 is 1.63. The summed E-state index contributed by atoms with van der Waals surface area (Å²) in [5, 5.41) is 7.14. The number of hydrogen-bond donors (Lipinski definition) is 2. The van der Waals surface area contributed by atoms with Crippen LogP contribution < -0.4 is 11.1 Å². The van der Waals surface area contributed by atoms with Gasteiger partial charge in [-0.1, -0.05) is 25.5 Å². The van der Waals surface area contributed by atoms with Crippen LogP contribution >= 0.6 is 0 Å². The highest BCUT2D eigenvalue weighted by Crippen LogP contribution is 2.19. The first-order valence-electron chi connectivity index (χ1n) is 7.30. The molecule has 3 N–H and O–H groups in total. The van der Waals surface area contributed by atoms with Crippen molar-refractivity contribution in [3.63, 3.8) is 0 Å². The maximum Gasteiger partial charge on any atom is 0.276 e. The first-order chi connectivity index (χ1) is 10.1. The summed E-state index contributed by atoms with van der Waals surface area (Å²) in [5.41, 5.74) is 9.53. The molecule has 2 rings (SSSR count). The van der Waals surface area contributed by atoms with Crippen LogP contribution in [-0.4, -0.2) is 15.7 Å². The lowest BCUT2D eigenvalue weighted by atomic mass is 10.1. The number of hydrogen-bond acceptors (Lipinski definition) is 3. The number of carbonyl (C=O) groups is 1. The fraction of sp³-hybridized carbons (Fsp3) is 0.375. The number of nitrogens with zero attached hydrogens (tertiary/aromatic N) is 2. The van der Waals surface area contributed by atoms with Gasteiger partial charge in [0.15, 0.2) is 0 Å². The summed E-state index contributed by atoms with van der Waals surface area (Å²) in [6, 6.07) is 7.90. The number of nitrogens with two attached hydrogens (primary N) is 1. The van der Waals surface area contributed by atoms with Crippen LogP contribution in [0.4, 0.5) is 11.4 Å². The lowest BCUT2D eigenvalue weighted by Gasteiger charge is -2.08. The van der Waals surface area contributed by atoms with Crippen LogP contribution in [-0.2, 0) is 13.0 Å². The summed E-state index contributed by atoms with van der Waals surface area (Å²) in [6.45, 7) is 6.49. The molecule has 0 radical (unpaired) electrons. The van der Waals surface area contributed by atoms with Crippen molar-refractivity contribution < 1.29 is 4.79 Å². The van der Waals surface area contributed by atoms with Crippen LogP contribution in [0.15, 0.2) is 24.3 Å². The van der Waals surface area contributed by atoms with E-state index in [1.54, 1.807) is 11.6 Å². The van der Waals surface area contributed by atoms with E-state index in [9.17, 15) is 4.79 Å². The van der Waals surface area contributed by atoms with Crippen LogP contribution in [0.3, 0.4) is 0 Å². The topological polar surface area (TPSA) is 72.9 Å². The number of nitrogens with one attached hydrogen (secondary N) is 1. The summed E-state index contributed by atoms with van der Waals surface area (Å²) in [5.74, 6) is -0.224. The molecule has 0 spiro atoms. The molecule has 1 aromatic carbocycles. The Labute approximate surface area is 125 Å². The number of rotatable bonds is 5. The first-order valence-corrected chi connectivity index (χ1v) is 7.30. The van der Waals surface area contributed by atoms with E-state index in [0.29, 0.717) is 23.6 Å². The van der Waals surface area contributed by atoms with Crippen molar-refractivity contribution in [2.75, 3.05) is 11.1 Å². The minimum atomic E-state index is -0.224. The van der Waals surface area contributed by atoms with Crippen molar-refractivity contribution in [3.8, 4) is 0 Å². The molecule has 1 amide bonds. The van der Waals surface area contributed by atoms with Gasteiger partial charge in [-0.3, -0.25) is 9.48 Å². The Morgan fingerprint density at radius 3 is 2.52 bits per heavy atom. The third kappa shape index (κ3) is 3.24. The first kappa shape index (κ1) is 15.1. The monoisotopic (exact) mass is 286 g/mol. The van der Waals surface area contributed by atoms with Gasteiger partial charge < -0.3 is 11.1 Å². The highest BCUT2D eigenvalue weighted by atomic mass is 16.2. The maximum absolute atomic E-state index is 12.4. The number of carbonyl (C=O) groups excluding carboxylic acids is 1. The van der Waals surface area contributed by atoms with Crippen LogP contribution in [0.2, 0.25) is 0 Å². The third-order valence-electron chi connectivity index (χ3n) is 3.44. The van der Waals surface area contributed by atoms with E-state index in [-0.39, 0.29) is 5.91 Å². The number of anilines is 2. The van der Waals surface area contributed by atoms with Crippen molar-refractivity contribution in [1.82, 2.24) is 9.78 Å². The predicted molar refractivity (Wildman–Crippen MR) is 85.4 cm³/mol. The van der Waals surface area contributed by atoms with E-state index in [1.165, 1.54) is 5.56 Å². The van der Waals surface area contributed by atoms with Crippen molar-refractivity contribution in [1.29, 1.82) is 0 Å². The molecular weight excluding hydrogens is 264 g/mol. The second-order valence-corrected chi connectivity index (χ2v) is 5.06. The van der Waals surface area contributed by atoms with Crippen LogP contribution in [0.1, 0.15) is 42.0 Å². The number of aryl methyl sites for hydroxylation is 3. The highest BCUT2D eigenvalue weighted by Gasteiger charge is 2.19. The molecule has 0 atom stereocenters. The quantitative estimate of drug-likeness (QED) is 0.887. The minimum Gasteiger partial charge on any atom is -0.395 e. The number of amides is 1. The van der Waals surface area contributed by atoms with Crippen molar-refractivity contribution >= 4 is 17.3 Å². The van der Waals surface area contributed by atoms with Gasteiger partial charge in [-0.15, -0.1) is 0 Å². The van der Waals surface area contributed by atoms with Gasteiger partial charge in [0.05, 0.1) is 11.4 Å². The molecule has 0 unspecified atom stereocenters. The molecule has 0 saturated heterocycles. The Hall–Kier alpha value is -2.30. The van der Waals surface area contributed by atoms with Gasteiger partial charge >= 0.3 is 0 Å². The van der Waals surface area contributed by atoms with Crippen LogP contribution in [0, 0.1) is 6.92 Å². The normalized spacial score (nSPS) is 10.6. The zero-order valence-electron chi connectivity index (χ0n) is 12.8. The van der Waals surface area contributed by atoms with E-state index >= 15 is 0 Å². The van der Waals surface area contributed by atoms with Gasteiger partial charge in [0.2, 0.25) is 0 Å². The Balaban J connectivity index is 2.18. The average Bonchev–Trinajstić information content (AvgIpc) is 2.76. The second-order valence-electron chi connectivity index (χ2n) is 5.06. The largest absolute Gasteiger partial charge is 0.395 e. The Bertz CT molecular complexity index is 628. The van der Waals surface area contributed by atoms with Gasteiger partial charge in [-0.05, 0) is 38.0 Å². The van der Waals surface area contributed by atoms with E-state index in [1.807, 2.05) is 31.2 Å². The molecule has 5 heteroatoms. The third-order valence-corrected chi connectivity index (χ3v) is 3.44. The summed E-state index contributed by atoms with van der Waals surface area (Å²) in [6.07, 6.45) is 2.15. The molecule has 1 aromatic heterocycles. The van der Waals surface area contributed by atoms with E-state index in [0.717, 1.165) is 18.5 Å². The lowest BCUT2D eigenvalue weighted by Crippen LogP contribution is -2.18. The number of benzene rings is 1. The molecule has 21 heavy (non-hydrogen) atoms. The van der Waals surface area contributed by atoms with E-state index in [4.69, 9.17) is 5.73 Å². The van der Waals surface area contributed by atoms with E-state index in [2.05, 4.69) is 17.3 Å². The molecular formula is C16H22N4O. The molecule has 5 nitrogen and oxygen atoms in total. The SMILES string of the molecule is CCCc1ccc(NC(=O)c2c(N)c(C)nn2CC)cc1. The number of aromatic nitrogens is 2. The van der Waals surface area contributed by atoms with Crippen LogP contribution in [0.5, 0.6) is 0 Å². The standard InChI is InChI=1S/C16H22N4O/c1-4-6-12-7-9-13(10-8-12)18-16(21)15-14(17)11(3)19-20(15)5-2/h7-10H,4-6,17H2,1-3H3,(H,18,21). The zero-order valence-corrected chi connectivity index (χ0v) is 12.8. The maximum atomic E-state index is 12.4. The van der Waals surface area contributed by atoms with Crippen LogP contribution in [0.25, 0.3) is 0 Å². The van der Waals surface area contributed by atoms with Gasteiger partial charge in [0.1, 0.15) is 5.69 Å². The van der Waals surface area contributed by atoms with Crippen molar-refractivity contribution in [3.05, 3.63) is 41.2 Å². The van der Waals surface area contributed by atoms with Crippen molar-refractivity contribution in [2.24, 2.45) is 0 Å². The van der Waals surface area contributed by atoms with Crippen molar-refractivity contribution in [2.45, 2.75) is 40.2 Å². The molecule has 2 aromatic rings. The highest BCUT2D eigenvalue weighted by molar-refractivity contribution is 6.06. The molecule has 1 heterocycles. The molecule has 0 saturated carbocycles. The summed E-state index contributed by atoms with van der Waals surface area (Å²) in [4.78, 5) is 12.4. The molecule has 0 fully saturated rings. The number of nitrogen functional groups attached to an aromatic ring is 1. The summed E-state index contributed by atoms with van der Waals surface area (Å²) in [7, 11) is 0. The minimum absolute atomic E-state index is 0.224. The molecule has 0 aliphatic heterocycles. The lowest BCUT2D eigenvalue weighted by molar-refractivity contribution is 0.101. The Kier molecular flexibility index (Phi) is 4.62. The molecule has 112 valence electrons. The smallest absolute Gasteiger partial charge is 0.276 e.